The van der Waals surface area contributed by atoms with E-state index in [9.17, 15) is 9.90 Å². The second-order valence-electron chi connectivity index (χ2n) is 6.80. The normalized spacial score (nSPS) is 10.4. The Morgan fingerprint density at radius 2 is 1.60 bits per heavy atom. The van der Waals surface area contributed by atoms with E-state index in [1.165, 1.54) is 6.07 Å². The van der Waals surface area contributed by atoms with Crippen LogP contribution in [0.5, 0.6) is 17.2 Å². The molecule has 0 spiro atoms. The van der Waals surface area contributed by atoms with Crippen LogP contribution in [0.25, 0.3) is 0 Å². The van der Waals surface area contributed by atoms with E-state index in [1.54, 1.807) is 12.1 Å². The smallest absolute Gasteiger partial charge is 0.303 e. The highest BCUT2D eigenvalue weighted by Gasteiger charge is 2.08. The molecule has 0 heterocycles. The van der Waals surface area contributed by atoms with Crippen LogP contribution in [0.3, 0.4) is 0 Å². The van der Waals surface area contributed by atoms with Crippen molar-refractivity contribution in [2.45, 2.75) is 19.4 Å². The van der Waals surface area contributed by atoms with E-state index in [2.05, 4.69) is 0 Å². The molecular weight excluding hydrogens is 382 g/mol. The van der Waals surface area contributed by atoms with Crippen molar-refractivity contribution in [3.63, 3.8) is 0 Å². The van der Waals surface area contributed by atoms with E-state index < -0.39 is 5.97 Å². The molecular formula is C24H24NO5+. The summed E-state index contributed by atoms with van der Waals surface area (Å²) in [6.07, 6.45) is 0.242. The number of hydrogen-bond acceptors (Lipinski definition) is 4. The first-order valence-corrected chi connectivity index (χ1v) is 9.56. The number of aliphatic carboxylic acids is 1. The van der Waals surface area contributed by atoms with Gasteiger partial charge in [-0.05, 0) is 47.9 Å². The lowest BCUT2D eigenvalue weighted by molar-refractivity contribution is -0.137. The zero-order chi connectivity index (χ0) is 21.3. The number of benzene rings is 3. The van der Waals surface area contributed by atoms with Crippen molar-refractivity contribution < 1.29 is 29.9 Å². The Morgan fingerprint density at radius 1 is 0.900 bits per heavy atom. The molecule has 0 aliphatic heterocycles. The number of hydrogen-bond donors (Lipinski definition) is 3. The molecule has 30 heavy (non-hydrogen) atoms. The molecule has 0 atom stereocenters. The highest BCUT2D eigenvalue weighted by atomic mass is 16.5. The van der Waals surface area contributed by atoms with Gasteiger partial charge in [0, 0.05) is 18.1 Å². The highest BCUT2D eigenvalue weighted by Crippen LogP contribution is 2.25. The highest BCUT2D eigenvalue weighted by molar-refractivity contribution is 5.96. The van der Waals surface area contributed by atoms with Crippen molar-refractivity contribution in [3.8, 4) is 17.2 Å². The summed E-state index contributed by atoms with van der Waals surface area (Å²) in [7, 11) is 0. The van der Waals surface area contributed by atoms with Gasteiger partial charge in [0.15, 0.2) is 6.61 Å². The van der Waals surface area contributed by atoms with Crippen LogP contribution >= 0.6 is 0 Å². The summed E-state index contributed by atoms with van der Waals surface area (Å²) < 4.78 is 11.4. The fraction of sp³-hybridized carbons (Fsp3) is 0.167. The van der Waals surface area contributed by atoms with Crippen LogP contribution in [0, 0.1) is 0 Å². The van der Waals surface area contributed by atoms with Crippen LogP contribution in [0.1, 0.15) is 23.1 Å². The SMILES string of the molecule is [NH2+]=C(COc1ccc(COc2ccc(CCC(=O)O)c(O)c2)cc1)c1ccccc1. The van der Waals surface area contributed by atoms with Gasteiger partial charge in [-0.15, -0.1) is 0 Å². The van der Waals surface area contributed by atoms with Gasteiger partial charge in [0.25, 0.3) is 0 Å². The van der Waals surface area contributed by atoms with E-state index in [0.29, 0.717) is 36.0 Å². The molecule has 0 fully saturated rings. The van der Waals surface area contributed by atoms with Crippen molar-refractivity contribution in [1.29, 1.82) is 0 Å². The number of carbonyl (C=O) groups is 1. The van der Waals surface area contributed by atoms with Gasteiger partial charge in [-0.1, -0.05) is 36.4 Å². The molecule has 6 heteroatoms. The second-order valence-corrected chi connectivity index (χ2v) is 6.80. The Hall–Kier alpha value is -3.80. The third-order valence-electron chi connectivity index (χ3n) is 4.53. The van der Waals surface area contributed by atoms with Crippen molar-refractivity contribution >= 4 is 11.7 Å². The maximum Gasteiger partial charge on any atom is 0.303 e. The van der Waals surface area contributed by atoms with Gasteiger partial charge in [0.05, 0.1) is 0 Å². The Bertz CT molecular complexity index is 1000. The lowest BCUT2D eigenvalue weighted by Crippen LogP contribution is -2.43. The molecule has 3 rings (SSSR count). The molecule has 0 aliphatic rings. The summed E-state index contributed by atoms with van der Waals surface area (Å²) in [5.41, 5.74) is 3.13. The molecule has 0 unspecified atom stereocenters. The molecule has 6 nitrogen and oxygen atoms in total. The number of phenolic OH excluding ortho intramolecular Hbond substituents is 1. The standard InChI is InChI=1S/C24H23NO5/c25-22(18-4-2-1-3-5-18)16-30-20-10-6-17(7-11-20)15-29-21-12-8-19(23(26)14-21)9-13-24(27)28/h1-8,10-12,14,25-26H,9,13,15-16H2,(H,27,28)/p+1. The maximum absolute atomic E-state index is 10.7. The first-order chi connectivity index (χ1) is 14.5. The summed E-state index contributed by atoms with van der Waals surface area (Å²) in [4.78, 5) is 10.7. The lowest BCUT2D eigenvalue weighted by Gasteiger charge is -2.10. The number of nitrogens with two attached hydrogens (primary N) is 1. The zero-order valence-electron chi connectivity index (χ0n) is 16.5. The molecule has 4 N–H and O–H groups in total. The van der Waals surface area contributed by atoms with Crippen molar-refractivity contribution in [3.05, 3.63) is 89.5 Å². The molecule has 0 aliphatic carbocycles. The minimum absolute atomic E-state index is 0.0308. The average Bonchev–Trinajstić information content (AvgIpc) is 2.76. The van der Waals surface area contributed by atoms with E-state index in [0.717, 1.165) is 11.1 Å². The molecule has 154 valence electrons. The first-order valence-electron chi connectivity index (χ1n) is 9.56. The fourth-order valence-corrected chi connectivity index (χ4v) is 2.83. The molecule has 0 bridgehead atoms. The fourth-order valence-electron chi connectivity index (χ4n) is 2.83. The molecule has 0 amide bonds. The van der Waals surface area contributed by atoms with Crippen molar-refractivity contribution in [2.75, 3.05) is 6.61 Å². The number of ether oxygens (including phenoxy) is 2. The third kappa shape index (κ3) is 6.10. The Kier molecular flexibility index (Phi) is 7.05. The van der Waals surface area contributed by atoms with E-state index in [1.807, 2.05) is 54.6 Å². The molecule has 0 saturated heterocycles. The second kappa shape index (κ2) is 10.1. The minimum atomic E-state index is -0.900. The van der Waals surface area contributed by atoms with Gasteiger partial charge >= 0.3 is 5.97 Å². The maximum atomic E-state index is 10.7. The summed E-state index contributed by atoms with van der Waals surface area (Å²) in [6.45, 7) is 0.625. The average molecular weight is 406 g/mol. The van der Waals surface area contributed by atoms with Gasteiger partial charge < -0.3 is 19.7 Å². The Balaban J connectivity index is 1.49. The van der Waals surface area contributed by atoms with E-state index >= 15 is 0 Å². The number of rotatable bonds is 10. The largest absolute Gasteiger partial charge is 0.508 e. The van der Waals surface area contributed by atoms with Crippen LogP contribution in [0.4, 0.5) is 0 Å². The Labute approximate surface area is 174 Å². The van der Waals surface area contributed by atoms with Crippen LogP contribution in [0.2, 0.25) is 0 Å². The lowest BCUT2D eigenvalue weighted by atomic mass is 10.1. The Morgan fingerprint density at radius 3 is 2.27 bits per heavy atom. The van der Waals surface area contributed by atoms with Crippen molar-refractivity contribution in [2.24, 2.45) is 0 Å². The summed E-state index contributed by atoms with van der Waals surface area (Å²) >= 11 is 0. The van der Waals surface area contributed by atoms with Crippen molar-refractivity contribution in [1.82, 2.24) is 0 Å². The van der Waals surface area contributed by atoms with Gasteiger partial charge in [-0.3, -0.25) is 10.2 Å². The quantitative estimate of drug-likeness (QED) is 0.449. The molecule has 0 aromatic heterocycles. The van der Waals surface area contributed by atoms with Crippen LogP contribution < -0.4 is 14.9 Å². The molecule has 0 saturated carbocycles. The van der Waals surface area contributed by atoms with E-state index in [4.69, 9.17) is 20.0 Å². The van der Waals surface area contributed by atoms with Crippen LogP contribution in [-0.4, -0.2) is 28.5 Å². The van der Waals surface area contributed by atoms with Gasteiger partial charge in [-0.2, -0.15) is 0 Å². The summed E-state index contributed by atoms with van der Waals surface area (Å²) in [5, 5.41) is 24.8. The minimum Gasteiger partial charge on any atom is -0.508 e. The number of aryl methyl sites for hydroxylation is 1. The van der Waals surface area contributed by atoms with Gasteiger partial charge in [0.1, 0.15) is 23.9 Å². The number of aromatic hydroxyl groups is 1. The topological polar surface area (TPSA) is 102 Å². The predicted molar refractivity (Wildman–Crippen MR) is 113 cm³/mol. The van der Waals surface area contributed by atoms with Crippen LogP contribution in [0.15, 0.2) is 72.8 Å². The van der Waals surface area contributed by atoms with E-state index in [-0.39, 0.29) is 18.6 Å². The molecule has 3 aromatic carbocycles. The summed E-state index contributed by atoms with van der Waals surface area (Å²) in [5.74, 6) is 0.350. The molecule has 0 radical (unpaired) electrons. The van der Waals surface area contributed by atoms with Gasteiger partial charge in [-0.25, -0.2) is 0 Å². The zero-order valence-corrected chi connectivity index (χ0v) is 16.5. The predicted octanol–water partition coefficient (Wildman–Crippen LogP) is 2.62. The summed E-state index contributed by atoms with van der Waals surface area (Å²) in [6, 6.07) is 22.1. The number of phenols is 1. The first kappa shape index (κ1) is 20.9. The van der Waals surface area contributed by atoms with Gasteiger partial charge in [0.2, 0.25) is 5.71 Å². The van der Waals surface area contributed by atoms with Crippen LogP contribution in [-0.2, 0) is 17.8 Å². The third-order valence-corrected chi connectivity index (χ3v) is 4.53. The number of carboxylic acid groups (broad SMARTS) is 1. The molecule has 3 aromatic rings. The monoisotopic (exact) mass is 406 g/mol. The number of carboxylic acids is 1.